The molecular formula is C25H30N2O5. The van der Waals surface area contributed by atoms with Gasteiger partial charge in [0.05, 0.1) is 5.92 Å². The van der Waals surface area contributed by atoms with Gasteiger partial charge in [0, 0.05) is 12.5 Å². The van der Waals surface area contributed by atoms with Crippen molar-refractivity contribution in [1.82, 2.24) is 10.6 Å². The van der Waals surface area contributed by atoms with Crippen LogP contribution < -0.4 is 10.6 Å². The first kappa shape index (κ1) is 23.3. The van der Waals surface area contributed by atoms with Crippen molar-refractivity contribution in [3.05, 3.63) is 59.7 Å². The van der Waals surface area contributed by atoms with Gasteiger partial charge >= 0.3 is 12.1 Å². The second kappa shape index (κ2) is 9.85. The Labute approximate surface area is 188 Å². The largest absolute Gasteiger partial charge is 0.480 e. The minimum atomic E-state index is -1.38. The van der Waals surface area contributed by atoms with Crippen molar-refractivity contribution in [2.24, 2.45) is 5.92 Å². The van der Waals surface area contributed by atoms with E-state index in [0.717, 1.165) is 28.7 Å². The van der Waals surface area contributed by atoms with E-state index in [9.17, 15) is 19.5 Å². The third kappa shape index (κ3) is 5.10. The van der Waals surface area contributed by atoms with E-state index in [2.05, 4.69) is 22.8 Å². The minimum absolute atomic E-state index is 0.0424. The summed E-state index contributed by atoms with van der Waals surface area (Å²) in [4.78, 5) is 36.2. The Bertz CT molecular complexity index is 956. The van der Waals surface area contributed by atoms with Crippen LogP contribution in [-0.4, -0.2) is 41.8 Å². The number of amides is 2. The summed E-state index contributed by atoms with van der Waals surface area (Å²) in [5, 5.41) is 14.4. The van der Waals surface area contributed by atoms with Gasteiger partial charge in [0.2, 0.25) is 5.91 Å². The normalized spacial score (nSPS) is 13.6. The van der Waals surface area contributed by atoms with Gasteiger partial charge in [-0.25, -0.2) is 9.59 Å². The van der Waals surface area contributed by atoms with Crippen molar-refractivity contribution in [3.63, 3.8) is 0 Å². The standard InChI is InChI=1S/C25H30N2O5/c1-4-9-16(22(28)27-25(2,3)23(29)30)14-26-24(31)32-15-21-19-12-7-5-10-17(19)18-11-6-8-13-20(18)21/h5-8,10-13,16,21H,4,9,14-15H2,1-3H3,(H,26,31)(H,27,28)(H,29,30). The maximum Gasteiger partial charge on any atom is 0.407 e. The summed E-state index contributed by atoms with van der Waals surface area (Å²) in [5.41, 5.74) is 3.17. The number of carboxylic acid groups (broad SMARTS) is 1. The Morgan fingerprint density at radius 1 is 1.03 bits per heavy atom. The Morgan fingerprint density at radius 3 is 2.12 bits per heavy atom. The zero-order valence-electron chi connectivity index (χ0n) is 18.7. The van der Waals surface area contributed by atoms with E-state index < -0.39 is 29.4 Å². The van der Waals surface area contributed by atoms with E-state index in [4.69, 9.17) is 4.74 Å². The number of aliphatic carboxylic acids is 1. The fourth-order valence-electron chi connectivity index (χ4n) is 3.99. The van der Waals surface area contributed by atoms with Gasteiger partial charge < -0.3 is 20.5 Å². The molecule has 1 unspecified atom stereocenters. The topological polar surface area (TPSA) is 105 Å². The summed E-state index contributed by atoms with van der Waals surface area (Å²) >= 11 is 0. The molecule has 1 aliphatic rings. The van der Waals surface area contributed by atoms with Crippen LogP contribution in [0.3, 0.4) is 0 Å². The van der Waals surface area contributed by atoms with Gasteiger partial charge in [-0.1, -0.05) is 61.9 Å². The second-order valence-corrected chi connectivity index (χ2v) is 8.61. The highest BCUT2D eigenvalue weighted by Crippen LogP contribution is 2.44. The average molecular weight is 439 g/mol. The number of fused-ring (bicyclic) bond motifs is 3. The molecular weight excluding hydrogens is 408 g/mol. The molecule has 2 aromatic carbocycles. The number of hydrogen-bond acceptors (Lipinski definition) is 4. The van der Waals surface area contributed by atoms with Crippen LogP contribution in [-0.2, 0) is 14.3 Å². The number of hydrogen-bond donors (Lipinski definition) is 3. The lowest BCUT2D eigenvalue weighted by atomic mass is 9.98. The summed E-state index contributed by atoms with van der Waals surface area (Å²) in [6.07, 6.45) is 0.640. The number of benzene rings is 2. The number of rotatable bonds is 9. The van der Waals surface area contributed by atoms with Crippen LogP contribution in [0.2, 0.25) is 0 Å². The van der Waals surface area contributed by atoms with Gasteiger partial charge in [-0.3, -0.25) is 4.79 Å². The number of carbonyl (C=O) groups excluding carboxylic acids is 2. The van der Waals surface area contributed by atoms with Crippen molar-refractivity contribution in [2.45, 2.75) is 45.1 Å². The molecule has 0 saturated carbocycles. The molecule has 1 aliphatic carbocycles. The van der Waals surface area contributed by atoms with Crippen LogP contribution in [0.1, 0.15) is 50.7 Å². The molecule has 0 spiro atoms. The maximum absolute atomic E-state index is 12.5. The van der Waals surface area contributed by atoms with E-state index in [1.807, 2.05) is 43.3 Å². The molecule has 170 valence electrons. The molecule has 0 heterocycles. The summed E-state index contributed by atoms with van der Waals surface area (Å²) in [7, 11) is 0. The molecule has 3 rings (SSSR count). The van der Waals surface area contributed by atoms with E-state index in [1.165, 1.54) is 13.8 Å². The SMILES string of the molecule is CCCC(CNC(=O)OCC1c2ccccc2-c2ccccc21)C(=O)NC(C)(C)C(=O)O. The lowest BCUT2D eigenvalue weighted by Gasteiger charge is -2.25. The second-order valence-electron chi connectivity index (χ2n) is 8.61. The number of alkyl carbamates (subject to hydrolysis) is 1. The minimum Gasteiger partial charge on any atom is -0.480 e. The molecule has 7 heteroatoms. The van der Waals surface area contributed by atoms with Gasteiger partial charge in [0.15, 0.2) is 0 Å². The highest BCUT2D eigenvalue weighted by atomic mass is 16.5. The zero-order chi connectivity index (χ0) is 23.3. The molecule has 0 bridgehead atoms. The van der Waals surface area contributed by atoms with Crippen LogP contribution in [0.4, 0.5) is 4.79 Å². The maximum atomic E-state index is 12.5. The third-order valence-electron chi connectivity index (χ3n) is 5.81. The van der Waals surface area contributed by atoms with Gasteiger partial charge in [0.25, 0.3) is 0 Å². The summed E-state index contributed by atoms with van der Waals surface area (Å²) < 4.78 is 5.51. The lowest BCUT2D eigenvalue weighted by Crippen LogP contribution is -2.52. The zero-order valence-corrected chi connectivity index (χ0v) is 18.7. The number of carbonyl (C=O) groups is 3. The Balaban J connectivity index is 1.58. The molecule has 0 saturated heterocycles. The van der Waals surface area contributed by atoms with Gasteiger partial charge in [0.1, 0.15) is 12.1 Å². The first-order chi connectivity index (χ1) is 15.2. The first-order valence-electron chi connectivity index (χ1n) is 10.9. The number of carboxylic acids is 1. The predicted molar refractivity (Wildman–Crippen MR) is 121 cm³/mol. The van der Waals surface area contributed by atoms with Gasteiger partial charge in [-0.15, -0.1) is 0 Å². The Kier molecular flexibility index (Phi) is 7.18. The van der Waals surface area contributed by atoms with Crippen LogP contribution in [0.5, 0.6) is 0 Å². The third-order valence-corrected chi connectivity index (χ3v) is 5.81. The number of nitrogens with one attached hydrogen (secondary N) is 2. The molecule has 0 fully saturated rings. The van der Waals surface area contributed by atoms with Crippen molar-refractivity contribution >= 4 is 18.0 Å². The van der Waals surface area contributed by atoms with Crippen molar-refractivity contribution in [1.29, 1.82) is 0 Å². The fourth-order valence-corrected chi connectivity index (χ4v) is 3.99. The highest BCUT2D eigenvalue weighted by Gasteiger charge is 2.32. The average Bonchev–Trinajstić information content (AvgIpc) is 3.08. The number of ether oxygens (including phenoxy) is 1. The van der Waals surface area contributed by atoms with E-state index in [1.54, 1.807) is 0 Å². The van der Waals surface area contributed by atoms with E-state index in [0.29, 0.717) is 6.42 Å². The van der Waals surface area contributed by atoms with Crippen LogP contribution in [0.15, 0.2) is 48.5 Å². The van der Waals surface area contributed by atoms with Crippen molar-refractivity contribution in [2.75, 3.05) is 13.2 Å². The van der Waals surface area contributed by atoms with Crippen molar-refractivity contribution in [3.8, 4) is 11.1 Å². The Morgan fingerprint density at radius 2 is 1.59 bits per heavy atom. The van der Waals surface area contributed by atoms with Crippen molar-refractivity contribution < 1.29 is 24.2 Å². The summed E-state index contributed by atoms with van der Waals surface area (Å²) in [6, 6.07) is 16.2. The molecule has 1 atom stereocenters. The van der Waals surface area contributed by atoms with Crippen LogP contribution >= 0.6 is 0 Å². The van der Waals surface area contributed by atoms with E-state index in [-0.39, 0.29) is 19.1 Å². The van der Waals surface area contributed by atoms with Gasteiger partial charge in [-0.2, -0.15) is 0 Å². The molecule has 3 N–H and O–H groups in total. The molecule has 0 radical (unpaired) electrons. The quantitative estimate of drug-likeness (QED) is 0.550. The van der Waals surface area contributed by atoms with E-state index >= 15 is 0 Å². The molecule has 2 aromatic rings. The molecule has 32 heavy (non-hydrogen) atoms. The summed E-state index contributed by atoms with van der Waals surface area (Å²) in [6.45, 7) is 5.04. The van der Waals surface area contributed by atoms with Crippen LogP contribution in [0, 0.1) is 5.92 Å². The molecule has 0 aliphatic heterocycles. The molecule has 7 nitrogen and oxygen atoms in total. The smallest absolute Gasteiger partial charge is 0.407 e. The first-order valence-corrected chi connectivity index (χ1v) is 10.9. The lowest BCUT2D eigenvalue weighted by molar-refractivity contribution is -0.146. The Hall–Kier alpha value is -3.35. The highest BCUT2D eigenvalue weighted by molar-refractivity contribution is 5.87. The fraction of sp³-hybridized carbons (Fsp3) is 0.400. The monoisotopic (exact) mass is 438 g/mol. The predicted octanol–water partition coefficient (Wildman–Crippen LogP) is 3.92. The summed E-state index contributed by atoms with van der Waals surface area (Å²) in [5.74, 6) is -2.11. The molecule has 0 aromatic heterocycles. The van der Waals surface area contributed by atoms with Gasteiger partial charge in [-0.05, 0) is 42.5 Å². The molecule has 2 amide bonds. The van der Waals surface area contributed by atoms with Crippen LogP contribution in [0.25, 0.3) is 11.1 Å².